The van der Waals surface area contributed by atoms with E-state index in [-0.39, 0.29) is 24.7 Å². The summed E-state index contributed by atoms with van der Waals surface area (Å²) in [6, 6.07) is 4.54. The van der Waals surface area contributed by atoms with Crippen molar-refractivity contribution in [1.82, 2.24) is 5.32 Å². The quantitative estimate of drug-likeness (QED) is 0.652. The molecule has 0 saturated carbocycles. The molecule has 0 bridgehead atoms. The monoisotopic (exact) mass is 380 g/mol. The summed E-state index contributed by atoms with van der Waals surface area (Å²) in [5.41, 5.74) is 0.521. The van der Waals surface area contributed by atoms with E-state index >= 15 is 0 Å². The summed E-state index contributed by atoms with van der Waals surface area (Å²) in [5, 5.41) is 5.03. The third-order valence-corrected chi connectivity index (χ3v) is 4.08. The molecule has 8 nitrogen and oxygen atoms in total. The van der Waals surface area contributed by atoms with Gasteiger partial charge in [-0.1, -0.05) is 0 Å². The molecule has 1 aromatic carbocycles. The van der Waals surface area contributed by atoms with E-state index in [0.29, 0.717) is 30.4 Å². The molecule has 8 heteroatoms. The van der Waals surface area contributed by atoms with E-state index in [1.807, 2.05) is 27.7 Å². The summed E-state index contributed by atoms with van der Waals surface area (Å²) in [6.45, 7) is 10.5. The molecule has 0 radical (unpaired) electrons. The fourth-order valence-electron chi connectivity index (χ4n) is 3.22. The largest absolute Gasteiger partial charge is 0.490 e. The predicted octanol–water partition coefficient (Wildman–Crippen LogP) is 0.824. The first-order valence-electron chi connectivity index (χ1n) is 9.40. The van der Waals surface area contributed by atoms with Gasteiger partial charge in [0.15, 0.2) is 18.0 Å². The van der Waals surface area contributed by atoms with Crippen molar-refractivity contribution in [3.8, 4) is 11.5 Å². The number of nitrogens with one attached hydrogen (secondary N) is 3. The summed E-state index contributed by atoms with van der Waals surface area (Å²) in [4.78, 5) is 25.4. The van der Waals surface area contributed by atoms with Crippen LogP contribution >= 0.6 is 0 Å². The van der Waals surface area contributed by atoms with Crippen LogP contribution in [0.1, 0.15) is 27.7 Å². The van der Waals surface area contributed by atoms with Gasteiger partial charge in [-0.2, -0.15) is 0 Å². The molecule has 1 aromatic rings. The van der Waals surface area contributed by atoms with Crippen molar-refractivity contribution < 1.29 is 28.7 Å². The molecule has 1 fully saturated rings. The topological polar surface area (TPSA) is 90.3 Å². The molecule has 1 unspecified atom stereocenters. The molecule has 3 amide bonds. The highest BCUT2D eigenvalue weighted by molar-refractivity contribution is 6.01. The van der Waals surface area contributed by atoms with Crippen LogP contribution in [0, 0.1) is 0 Å². The van der Waals surface area contributed by atoms with Crippen molar-refractivity contribution in [2.75, 3.05) is 38.2 Å². The Hall–Kier alpha value is -2.32. The number of quaternary nitrogens is 1. The van der Waals surface area contributed by atoms with Crippen LogP contribution in [0.15, 0.2) is 18.2 Å². The van der Waals surface area contributed by atoms with Gasteiger partial charge in [-0.3, -0.25) is 10.1 Å². The third-order valence-electron chi connectivity index (χ3n) is 4.08. The smallest absolute Gasteiger partial charge is 0.326 e. The van der Waals surface area contributed by atoms with Crippen molar-refractivity contribution in [3.63, 3.8) is 0 Å². The Morgan fingerprint density at radius 3 is 2.37 bits per heavy atom. The predicted molar refractivity (Wildman–Crippen MR) is 102 cm³/mol. The standard InChI is InChI=1S/C19H29N3O5/c1-5-25-16-8-7-15(9-17(16)26-6-2)20-19(24)21-18(23)12-22-10-13(3)27-14(4)11-22/h7-9,13-14H,5-6,10-12H2,1-4H3,(H2,20,21,23,24)/p+1/t13-,14+. The Labute approximate surface area is 160 Å². The number of urea groups is 1. The number of anilines is 1. The lowest BCUT2D eigenvalue weighted by Crippen LogP contribution is -3.16. The summed E-state index contributed by atoms with van der Waals surface area (Å²) in [5.74, 6) is 0.838. The molecule has 0 aliphatic carbocycles. The van der Waals surface area contributed by atoms with E-state index in [4.69, 9.17) is 14.2 Å². The molecule has 1 aliphatic rings. The van der Waals surface area contributed by atoms with Crippen molar-refractivity contribution in [1.29, 1.82) is 0 Å². The lowest BCUT2D eigenvalue weighted by atomic mass is 10.2. The minimum absolute atomic E-state index is 0.103. The Morgan fingerprint density at radius 2 is 1.74 bits per heavy atom. The maximum atomic E-state index is 12.2. The van der Waals surface area contributed by atoms with Gasteiger partial charge in [0.1, 0.15) is 25.3 Å². The second-order valence-electron chi connectivity index (χ2n) is 6.62. The number of carbonyl (C=O) groups is 2. The minimum Gasteiger partial charge on any atom is -0.490 e. The van der Waals surface area contributed by atoms with Gasteiger partial charge in [-0.15, -0.1) is 0 Å². The second kappa shape index (κ2) is 10.1. The summed E-state index contributed by atoms with van der Waals surface area (Å²) < 4.78 is 16.7. The molecule has 0 aromatic heterocycles. The SMILES string of the molecule is CCOc1ccc(NC(=O)NC(=O)C[NH+]2C[C@@H](C)O[C@@H](C)C2)cc1OCC. The number of imide groups is 1. The van der Waals surface area contributed by atoms with E-state index in [0.717, 1.165) is 18.0 Å². The van der Waals surface area contributed by atoms with Crippen molar-refractivity contribution >= 4 is 17.6 Å². The van der Waals surface area contributed by atoms with Crippen LogP contribution in [0.3, 0.4) is 0 Å². The number of carbonyl (C=O) groups excluding carboxylic acids is 2. The first kappa shape index (κ1) is 21.0. The number of hydrogen-bond acceptors (Lipinski definition) is 5. The average Bonchev–Trinajstić information content (AvgIpc) is 2.56. The first-order valence-corrected chi connectivity index (χ1v) is 9.40. The van der Waals surface area contributed by atoms with E-state index in [1.54, 1.807) is 18.2 Å². The van der Waals surface area contributed by atoms with Gasteiger partial charge < -0.3 is 24.4 Å². The van der Waals surface area contributed by atoms with Crippen LogP contribution in [0.4, 0.5) is 10.5 Å². The van der Waals surface area contributed by atoms with Crippen LogP contribution in [0.2, 0.25) is 0 Å². The number of ether oxygens (including phenoxy) is 3. The fourth-order valence-corrected chi connectivity index (χ4v) is 3.22. The van der Waals surface area contributed by atoms with Crippen LogP contribution in [-0.2, 0) is 9.53 Å². The lowest BCUT2D eigenvalue weighted by Gasteiger charge is -2.31. The van der Waals surface area contributed by atoms with Gasteiger partial charge in [-0.25, -0.2) is 4.79 Å². The zero-order chi connectivity index (χ0) is 19.8. The van der Waals surface area contributed by atoms with Crippen LogP contribution in [0.25, 0.3) is 0 Å². The summed E-state index contributed by atoms with van der Waals surface area (Å²) in [6.07, 6.45) is 0.206. The highest BCUT2D eigenvalue weighted by atomic mass is 16.5. The van der Waals surface area contributed by atoms with Gasteiger partial charge >= 0.3 is 6.03 Å². The molecule has 1 heterocycles. The average molecular weight is 380 g/mol. The Balaban J connectivity index is 1.89. The van der Waals surface area contributed by atoms with Crippen molar-refractivity contribution in [2.24, 2.45) is 0 Å². The fraction of sp³-hybridized carbons (Fsp3) is 0.579. The van der Waals surface area contributed by atoms with E-state index in [1.165, 1.54) is 0 Å². The van der Waals surface area contributed by atoms with Gasteiger partial charge in [0.2, 0.25) is 0 Å². The molecule has 3 atom stereocenters. The second-order valence-corrected chi connectivity index (χ2v) is 6.62. The zero-order valence-corrected chi connectivity index (χ0v) is 16.5. The van der Waals surface area contributed by atoms with Gasteiger partial charge in [0.05, 0.1) is 13.2 Å². The molecule has 27 heavy (non-hydrogen) atoms. The summed E-state index contributed by atoms with van der Waals surface area (Å²) in [7, 11) is 0. The molecule has 150 valence electrons. The third kappa shape index (κ3) is 6.73. The Morgan fingerprint density at radius 1 is 1.11 bits per heavy atom. The van der Waals surface area contributed by atoms with Gasteiger partial charge in [0, 0.05) is 11.8 Å². The maximum Gasteiger partial charge on any atom is 0.326 e. The number of rotatable bonds is 7. The number of amides is 3. The zero-order valence-electron chi connectivity index (χ0n) is 16.5. The summed E-state index contributed by atoms with van der Waals surface area (Å²) >= 11 is 0. The van der Waals surface area contributed by atoms with E-state index in [2.05, 4.69) is 10.6 Å². The Bertz CT molecular complexity index is 642. The highest BCUT2D eigenvalue weighted by Crippen LogP contribution is 2.30. The molecular weight excluding hydrogens is 350 g/mol. The van der Waals surface area contributed by atoms with Gasteiger partial charge in [0.25, 0.3) is 5.91 Å². The highest BCUT2D eigenvalue weighted by Gasteiger charge is 2.27. The number of morpholine rings is 1. The van der Waals surface area contributed by atoms with E-state index < -0.39 is 6.03 Å². The van der Waals surface area contributed by atoms with E-state index in [9.17, 15) is 9.59 Å². The normalized spacial score (nSPS) is 22.0. The van der Waals surface area contributed by atoms with Crippen molar-refractivity contribution in [2.45, 2.75) is 39.9 Å². The molecule has 1 aliphatic heterocycles. The van der Waals surface area contributed by atoms with Crippen molar-refractivity contribution in [3.05, 3.63) is 18.2 Å². The first-order chi connectivity index (χ1) is 12.9. The molecule has 2 rings (SSSR count). The molecule has 0 spiro atoms. The van der Waals surface area contributed by atoms with Crippen LogP contribution in [0.5, 0.6) is 11.5 Å². The number of hydrogen-bond donors (Lipinski definition) is 3. The minimum atomic E-state index is -0.569. The lowest BCUT2D eigenvalue weighted by molar-refractivity contribution is -0.907. The van der Waals surface area contributed by atoms with Crippen LogP contribution < -0.4 is 25.0 Å². The molecular formula is C19H30N3O5+. The maximum absolute atomic E-state index is 12.2. The number of benzene rings is 1. The molecule has 3 N–H and O–H groups in total. The Kier molecular flexibility index (Phi) is 7.87. The van der Waals surface area contributed by atoms with Crippen LogP contribution in [-0.4, -0.2) is 57.0 Å². The molecule has 1 saturated heterocycles. The van der Waals surface area contributed by atoms with Gasteiger partial charge in [-0.05, 0) is 39.8 Å².